The van der Waals surface area contributed by atoms with Gasteiger partial charge in [0.2, 0.25) is 0 Å². The quantitative estimate of drug-likeness (QED) is 0.704. The number of halogens is 1. The van der Waals surface area contributed by atoms with Crippen molar-refractivity contribution < 1.29 is 19.1 Å². The van der Waals surface area contributed by atoms with Gasteiger partial charge in [-0.1, -0.05) is 18.2 Å². The maximum absolute atomic E-state index is 13.7. The number of aromatic nitrogens is 4. The van der Waals surface area contributed by atoms with Crippen LogP contribution in [0.2, 0.25) is 0 Å². The highest BCUT2D eigenvalue weighted by Crippen LogP contribution is 2.13. The SMILES string of the molecule is CC(C(=O)O)n1nccc1C(=O)Nc1ccn(Cc2ccccc2F)n1. The molecule has 0 spiro atoms. The van der Waals surface area contributed by atoms with Crippen LogP contribution in [-0.4, -0.2) is 36.5 Å². The van der Waals surface area contributed by atoms with Gasteiger partial charge in [-0.05, 0) is 19.1 Å². The van der Waals surface area contributed by atoms with Crippen LogP contribution in [0.5, 0.6) is 0 Å². The molecule has 2 heterocycles. The summed E-state index contributed by atoms with van der Waals surface area (Å²) in [5.41, 5.74) is 0.574. The molecule has 0 bridgehead atoms. The number of nitrogens with zero attached hydrogens (tertiary/aromatic N) is 4. The molecule has 1 amide bonds. The summed E-state index contributed by atoms with van der Waals surface area (Å²) in [5, 5.41) is 19.7. The van der Waals surface area contributed by atoms with E-state index >= 15 is 0 Å². The van der Waals surface area contributed by atoms with Gasteiger partial charge in [0.25, 0.3) is 5.91 Å². The first-order chi connectivity index (χ1) is 12.5. The number of amides is 1. The maximum atomic E-state index is 13.7. The summed E-state index contributed by atoms with van der Waals surface area (Å²) in [6.07, 6.45) is 2.96. The molecule has 0 aliphatic heterocycles. The van der Waals surface area contributed by atoms with E-state index in [9.17, 15) is 14.0 Å². The predicted molar refractivity (Wildman–Crippen MR) is 90.3 cm³/mol. The summed E-state index contributed by atoms with van der Waals surface area (Å²) in [6.45, 7) is 1.64. The molecule has 0 radical (unpaired) electrons. The lowest BCUT2D eigenvalue weighted by atomic mass is 10.2. The second kappa shape index (κ2) is 7.18. The second-order valence-electron chi connectivity index (χ2n) is 5.62. The number of carbonyl (C=O) groups excluding carboxylic acids is 1. The lowest BCUT2D eigenvalue weighted by Crippen LogP contribution is -2.24. The Morgan fingerprint density at radius 1 is 1.27 bits per heavy atom. The van der Waals surface area contributed by atoms with Crippen molar-refractivity contribution >= 4 is 17.7 Å². The number of nitrogens with one attached hydrogen (secondary N) is 1. The zero-order chi connectivity index (χ0) is 18.7. The van der Waals surface area contributed by atoms with E-state index in [-0.39, 0.29) is 23.9 Å². The summed E-state index contributed by atoms with van der Waals surface area (Å²) in [6, 6.07) is 8.37. The van der Waals surface area contributed by atoms with E-state index in [1.165, 1.54) is 29.9 Å². The second-order valence-corrected chi connectivity index (χ2v) is 5.62. The number of rotatable bonds is 6. The van der Waals surface area contributed by atoms with Crippen LogP contribution in [0.4, 0.5) is 10.2 Å². The summed E-state index contributed by atoms with van der Waals surface area (Å²) in [5.74, 6) is -1.70. The van der Waals surface area contributed by atoms with Crippen LogP contribution in [-0.2, 0) is 11.3 Å². The van der Waals surface area contributed by atoms with E-state index in [1.807, 2.05) is 0 Å². The number of hydrogen-bond donors (Lipinski definition) is 2. The van der Waals surface area contributed by atoms with Gasteiger partial charge in [0.15, 0.2) is 5.82 Å². The molecule has 134 valence electrons. The van der Waals surface area contributed by atoms with Gasteiger partial charge >= 0.3 is 5.97 Å². The Labute approximate surface area is 147 Å². The molecule has 0 fully saturated rings. The number of carboxylic acid groups (broad SMARTS) is 1. The number of aliphatic carboxylic acids is 1. The number of hydrogen-bond acceptors (Lipinski definition) is 4. The first-order valence-corrected chi connectivity index (χ1v) is 7.80. The molecule has 0 aliphatic rings. The molecule has 1 atom stereocenters. The highest BCUT2D eigenvalue weighted by molar-refractivity contribution is 6.02. The van der Waals surface area contributed by atoms with Gasteiger partial charge in [-0.25, -0.2) is 13.9 Å². The summed E-state index contributed by atoms with van der Waals surface area (Å²) in [4.78, 5) is 23.5. The Balaban J connectivity index is 1.72. The van der Waals surface area contributed by atoms with Crippen molar-refractivity contribution in [3.05, 3.63) is 65.9 Å². The van der Waals surface area contributed by atoms with E-state index in [2.05, 4.69) is 15.5 Å². The topological polar surface area (TPSA) is 102 Å². The van der Waals surface area contributed by atoms with Crippen LogP contribution in [0.15, 0.2) is 48.8 Å². The molecule has 1 unspecified atom stereocenters. The third-order valence-corrected chi connectivity index (χ3v) is 3.80. The summed E-state index contributed by atoms with van der Waals surface area (Å²) in [7, 11) is 0. The number of anilines is 1. The first kappa shape index (κ1) is 17.3. The van der Waals surface area contributed by atoms with Crippen molar-refractivity contribution in [3.8, 4) is 0 Å². The average molecular weight is 357 g/mol. The molecule has 3 aromatic rings. The van der Waals surface area contributed by atoms with Gasteiger partial charge in [-0.2, -0.15) is 10.2 Å². The molecule has 3 rings (SSSR count). The molecule has 0 aliphatic carbocycles. The highest BCUT2D eigenvalue weighted by Gasteiger charge is 2.21. The van der Waals surface area contributed by atoms with Gasteiger partial charge in [0.05, 0.1) is 6.54 Å². The van der Waals surface area contributed by atoms with Crippen molar-refractivity contribution in [1.29, 1.82) is 0 Å². The van der Waals surface area contributed by atoms with Crippen molar-refractivity contribution in [3.63, 3.8) is 0 Å². The van der Waals surface area contributed by atoms with Crippen molar-refractivity contribution in [2.24, 2.45) is 0 Å². The number of carbonyl (C=O) groups is 2. The lowest BCUT2D eigenvalue weighted by Gasteiger charge is -2.10. The van der Waals surface area contributed by atoms with Crippen molar-refractivity contribution in [2.45, 2.75) is 19.5 Å². The van der Waals surface area contributed by atoms with Gasteiger partial charge in [-0.3, -0.25) is 9.48 Å². The molecule has 9 heteroatoms. The first-order valence-electron chi connectivity index (χ1n) is 7.80. The van der Waals surface area contributed by atoms with E-state index in [0.717, 1.165) is 4.68 Å². The molecule has 26 heavy (non-hydrogen) atoms. The predicted octanol–water partition coefficient (Wildman–Crippen LogP) is 2.16. The Morgan fingerprint density at radius 2 is 2.04 bits per heavy atom. The van der Waals surface area contributed by atoms with Crippen LogP contribution in [0.3, 0.4) is 0 Å². The van der Waals surface area contributed by atoms with E-state index in [1.54, 1.807) is 30.5 Å². The fraction of sp³-hybridized carbons (Fsp3) is 0.176. The minimum atomic E-state index is -1.10. The monoisotopic (exact) mass is 357 g/mol. The molecule has 2 N–H and O–H groups in total. The Hall–Kier alpha value is -3.49. The molecule has 8 nitrogen and oxygen atoms in total. The Morgan fingerprint density at radius 3 is 2.77 bits per heavy atom. The molecule has 0 saturated carbocycles. The van der Waals surface area contributed by atoms with Gasteiger partial charge in [-0.15, -0.1) is 0 Å². The summed E-state index contributed by atoms with van der Waals surface area (Å²) < 4.78 is 16.3. The normalized spacial score (nSPS) is 11.9. The highest BCUT2D eigenvalue weighted by atomic mass is 19.1. The number of benzene rings is 1. The molecular weight excluding hydrogens is 341 g/mol. The Bertz CT molecular complexity index is 949. The van der Waals surface area contributed by atoms with Gasteiger partial charge in [0.1, 0.15) is 17.6 Å². The third kappa shape index (κ3) is 3.61. The van der Waals surface area contributed by atoms with Crippen LogP contribution < -0.4 is 5.32 Å². The Kier molecular flexibility index (Phi) is 4.78. The van der Waals surface area contributed by atoms with Crippen molar-refractivity contribution in [2.75, 3.05) is 5.32 Å². The van der Waals surface area contributed by atoms with Crippen LogP contribution >= 0.6 is 0 Å². The largest absolute Gasteiger partial charge is 0.480 e. The number of carboxylic acids is 1. The van der Waals surface area contributed by atoms with Gasteiger partial charge < -0.3 is 10.4 Å². The minimum absolute atomic E-state index is 0.101. The standard InChI is InChI=1S/C17H16FN5O3/c1-11(17(25)26)23-14(6-8-19-23)16(24)20-15-7-9-22(21-15)10-12-4-2-3-5-13(12)18/h2-9,11H,10H2,1H3,(H,25,26)(H,20,21,24). The zero-order valence-electron chi connectivity index (χ0n) is 13.8. The maximum Gasteiger partial charge on any atom is 0.328 e. The fourth-order valence-corrected chi connectivity index (χ4v) is 2.41. The zero-order valence-corrected chi connectivity index (χ0v) is 13.8. The van der Waals surface area contributed by atoms with E-state index < -0.39 is 17.9 Å². The molecule has 0 saturated heterocycles. The summed E-state index contributed by atoms with van der Waals surface area (Å²) >= 11 is 0. The average Bonchev–Trinajstić information content (AvgIpc) is 3.25. The van der Waals surface area contributed by atoms with E-state index in [0.29, 0.717) is 5.56 Å². The van der Waals surface area contributed by atoms with Crippen LogP contribution in [0.1, 0.15) is 29.0 Å². The van der Waals surface area contributed by atoms with Crippen molar-refractivity contribution in [1.82, 2.24) is 19.6 Å². The molecule has 1 aromatic carbocycles. The van der Waals surface area contributed by atoms with Gasteiger partial charge in [0, 0.05) is 24.0 Å². The molecule has 2 aromatic heterocycles. The fourth-order valence-electron chi connectivity index (χ4n) is 2.41. The smallest absolute Gasteiger partial charge is 0.328 e. The van der Waals surface area contributed by atoms with Crippen LogP contribution in [0.25, 0.3) is 0 Å². The van der Waals surface area contributed by atoms with Crippen LogP contribution in [0, 0.1) is 5.82 Å². The minimum Gasteiger partial charge on any atom is -0.480 e. The molecular formula is C17H16FN5O3. The third-order valence-electron chi connectivity index (χ3n) is 3.80. The lowest BCUT2D eigenvalue weighted by molar-refractivity contribution is -0.140. The van der Waals surface area contributed by atoms with E-state index in [4.69, 9.17) is 5.11 Å².